The summed E-state index contributed by atoms with van der Waals surface area (Å²) in [6.45, 7) is 8.69. The van der Waals surface area contributed by atoms with Crippen LogP contribution in [0, 0.1) is 11.3 Å². The highest BCUT2D eigenvalue weighted by Gasteiger charge is 2.27. The number of nitrogens with two attached hydrogens (primary N) is 1. The van der Waals surface area contributed by atoms with E-state index in [-0.39, 0.29) is 51.2 Å². The fraction of sp³-hybridized carbons (Fsp3) is 0.800. The molecule has 0 heterocycles. The summed E-state index contributed by atoms with van der Waals surface area (Å²) in [5.74, 6) is -1.03. The van der Waals surface area contributed by atoms with E-state index in [1.807, 2.05) is 33.8 Å². The van der Waals surface area contributed by atoms with Crippen LogP contribution in [-0.2, 0) is 23.4 Å². The van der Waals surface area contributed by atoms with E-state index in [1.165, 1.54) is 0 Å². The standard InChI is InChI=1S/C15H28N3O5P/c1-12(2)18(13(3)4)24(22-9-5-8-16)23-11-10-21-15(20)7-6-14(17)19/h12-13H,5-7,9-11H2,1-4H3,(H2,17,19). The molecule has 8 nitrogen and oxygen atoms in total. The van der Waals surface area contributed by atoms with Crippen LogP contribution in [0.4, 0.5) is 0 Å². The van der Waals surface area contributed by atoms with E-state index in [4.69, 9.17) is 24.8 Å². The fourth-order valence-electron chi connectivity index (χ4n) is 1.88. The van der Waals surface area contributed by atoms with Crippen LogP contribution >= 0.6 is 8.53 Å². The van der Waals surface area contributed by atoms with Crippen LogP contribution in [0.5, 0.6) is 0 Å². The summed E-state index contributed by atoms with van der Waals surface area (Å²) in [6, 6.07) is 2.44. The van der Waals surface area contributed by atoms with Crippen LogP contribution in [0.1, 0.15) is 47.0 Å². The molecule has 1 unspecified atom stereocenters. The van der Waals surface area contributed by atoms with Gasteiger partial charge in [0.1, 0.15) is 6.61 Å². The second-order valence-corrected chi connectivity index (χ2v) is 7.02. The monoisotopic (exact) mass is 361 g/mol. The Morgan fingerprint density at radius 3 is 2.17 bits per heavy atom. The van der Waals surface area contributed by atoms with Gasteiger partial charge in [-0.1, -0.05) is 0 Å². The predicted molar refractivity (Wildman–Crippen MR) is 90.6 cm³/mol. The topological polar surface area (TPSA) is 115 Å². The molecule has 0 radical (unpaired) electrons. The highest BCUT2D eigenvalue weighted by Crippen LogP contribution is 2.45. The number of rotatable bonds is 13. The van der Waals surface area contributed by atoms with Gasteiger partial charge >= 0.3 is 5.97 Å². The lowest BCUT2D eigenvalue weighted by Crippen LogP contribution is -2.34. The zero-order valence-electron chi connectivity index (χ0n) is 14.9. The second kappa shape index (κ2) is 13.1. The number of primary amides is 1. The number of nitrogens with zero attached hydrogens (tertiary/aromatic N) is 2. The molecule has 0 saturated carbocycles. The Kier molecular flexibility index (Phi) is 12.4. The van der Waals surface area contributed by atoms with Crippen molar-refractivity contribution in [2.24, 2.45) is 5.73 Å². The van der Waals surface area contributed by atoms with Crippen molar-refractivity contribution in [1.82, 2.24) is 4.67 Å². The van der Waals surface area contributed by atoms with Crippen molar-refractivity contribution in [3.63, 3.8) is 0 Å². The second-order valence-electron chi connectivity index (χ2n) is 5.57. The molecule has 0 aliphatic carbocycles. The predicted octanol–water partition coefficient (Wildman–Crippen LogP) is 2.09. The van der Waals surface area contributed by atoms with Gasteiger partial charge in [0.05, 0.1) is 32.1 Å². The molecule has 1 atom stereocenters. The normalized spacial score (nSPS) is 12.4. The number of carbonyl (C=O) groups excluding carboxylic acids is 2. The summed E-state index contributed by atoms with van der Waals surface area (Å²) in [5.41, 5.74) is 4.97. The quantitative estimate of drug-likeness (QED) is 0.303. The van der Waals surface area contributed by atoms with Gasteiger partial charge in [0.2, 0.25) is 5.91 Å². The minimum atomic E-state index is -1.35. The van der Waals surface area contributed by atoms with Gasteiger partial charge in [-0.15, -0.1) is 0 Å². The molecule has 0 fully saturated rings. The maximum atomic E-state index is 11.4. The Morgan fingerprint density at radius 1 is 1.08 bits per heavy atom. The Morgan fingerprint density at radius 2 is 1.67 bits per heavy atom. The minimum Gasteiger partial charge on any atom is -0.463 e. The first-order chi connectivity index (χ1) is 11.3. The molecule has 0 aliphatic rings. The SMILES string of the molecule is CC(C)N(C(C)C)P(OCCC#N)OCCOC(=O)CCC(N)=O. The summed E-state index contributed by atoms with van der Waals surface area (Å²) in [6.07, 6.45) is 0.222. The van der Waals surface area contributed by atoms with Crippen molar-refractivity contribution in [1.29, 1.82) is 5.26 Å². The molecule has 0 aromatic heterocycles. The van der Waals surface area contributed by atoms with Crippen LogP contribution in [0.2, 0.25) is 0 Å². The van der Waals surface area contributed by atoms with Crippen LogP contribution in [0.3, 0.4) is 0 Å². The molecule has 0 rings (SSSR count). The molecule has 0 spiro atoms. The van der Waals surface area contributed by atoms with Gasteiger partial charge in [0.25, 0.3) is 8.53 Å². The van der Waals surface area contributed by atoms with E-state index in [2.05, 4.69) is 4.67 Å². The Balaban J connectivity index is 4.37. The van der Waals surface area contributed by atoms with E-state index < -0.39 is 20.4 Å². The summed E-state index contributed by atoms with van der Waals surface area (Å²) in [7, 11) is -1.35. The van der Waals surface area contributed by atoms with Crippen molar-refractivity contribution in [3.05, 3.63) is 0 Å². The molecule has 138 valence electrons. The minimum absolute atomic E-state index is 0.0296. The first-order valence-corrected chi connectivity index (χ1v) is 9.07. The lowest BCUT2D eigenvalue weighted by molar-refractivity contribution is -0.145. The Bertz CT molecular complexity index is 418. The van der Waals surface area contributed by atoms with Gasteiger partial charge in [-0.3, -0.25) is 9.59 Å². The summed E-state index contributed by atoms with van der Waals surface area (Å²) in [4.78, 5) is 22.0. The zero-order valence-corrected chi connectivity index (χ0v) is 15.8. The van der Waals surface area contributed by atoms with Crippen LogP contribution < -0.4 is 5.73 Å². The Labute approximate surface area is 145 Å². The molecule has 0 saturated heterocycles. The number of nitriles is 1. The largest absolute Gasteiger partial charge is 0.463 e. The van der Waals surface area contributed by atoms with Crippen LogP contribution in [0.15, 0.2) is 0 Å². The molecule has 0 bridgehead atoms. The molecule has 0 aromatic rings. The first-order valence-electron chi connectivity index (χ1n) is 7.94. The number of hydrogen-bond donors (Lipinski definition) is 1. The molecule has 9 heteroatoms. The van der Waals surface area contributed by atoms with E-state index >= 15 is 0 Å². The molecular formula is C15H28N3O5P. The van der Waals surface area contributed by atoms with Gasteiger partial charge in [-0.05, 0) is 27.7 Å². The average Bonchev–Trinajstić information content (AvgIpc) is 2.48. The van der Waals surface area contributed by atoms with Crippen LogP contribution in [-0.4, -0.2) is 48.5 Å². The molecule has 0 aliphatic heterocycles. The smallest absolute Gasteiger partial charge is 0.306 e. The number of ether oxygens (including phenoxy) is 1. The van der Waals surface area contributed by atoms with Crippen molar-refractivity contribution < 1.29 is 23.4 Å². The molecular weight excluding hydrogens is 333 g/mol. The third-order valence-corrected chi connectivity index (χ3v) is 4.89. The lowest BCUT2D eigenvalue weighted by atomic mass is 10.3. The number of hydrogen-bond acceptors (Lipinski definition) is 7. The lowest BCUT2D eigenvalue weighted by Gasteiger charge is -2.35. The van der Waals surface area contributed by atoms with E-state index in [1.54, 1.807) is 0 Å². The van der Waals surface area contributed by atoms with Crippen LogP contribution in [0.25, 0.3) is 0 Å². The molecule has 24 heavy (non-hydrogen) atoms. The summed E-state index contributed by atoms with van der Waals surface area (Å²) >= 11 is 0. The van der Waals surface area contributed by atoms with Crippen molar-refractivity contribution in [3.8, 4) is 6.07 Å². The van der Waals surface area contributed by atoms with Crippen molar-refractivity contribution in [2.75, 3.05) is 19.8 Å². The summed E-state index contributed by atoms with van der Waals surface area (Å²) in [5, 5.41) is 8.63. The maximum Gasteiger partial charge on any atom is 0.306 e. The van der Waals surface area contributed by atoms with E-state index in [9.17, 15) is 9.59 Å². The molecule has 0 aromatic carbocycles. The highest BCUT2D eigenvalue weighted by atomic mass is 31.2. The number of esters is 1. The maximum absolute atomic E-state index is 11.4. The summed E-state index contributed by atoms with van der Waals surface area (Å²) < 4.78 is 18.5. The fourth-order valence-corrected chi connectivity index (χ4v) is 3.46. The van der Waals surface area contributed by atoms with Gasteiger partial charge < -0.3 is 19.5 Å². The first kappa shape index (κ1) is 22.7. The van der Waals surface area contributed by atoms with Gasteiger partial charge in [-0.2, -0.15) is 5.26 Å². The molecule has 1 amide bonds. The van der Waals surface area contributed by atoms with Crippen molar-refractivity contribution >= 4 is 20.4 Å². The number of carbonyl (C=O) groups is 2. The van der Waals surface area contributed by atoms with Gasteiger partial charge in [-0.25, -0.2) is 4.67 Å². The molecule has 2 N–H and O–H groups in total. The highest BCUT2D eigenvalue weighted by molar-refractivity contribution is 7.44. The Hall–Kier alpha value is -1.26. The van der Waals surface area contributed by atoms with Gasteiger partial charge in [0.15, 0.2) is 0 Å². The zero-order chi connectivity index (χ0) is 18.5. The average molecular weight is 361 g/mol. The van der Waals surface area contributed by atoms with Gasteiger partial charge in [0, 0.05) is 18.5 Å². The number of amides is 1. The van der Waals surface area contributed by atoms with Crippen molar-refractivity contribution in [2.45, 2.75) is 59.0 Å². The third kappa shape index (κ3) is 10.5. The van der Waals surface area contributed by atoms with E-state index in [0.717, 1.165) is 0 Å². The van der Waals surface area contributed by atoms with E-state index in [0.29, 0.717) is 0 Å². The third-order valence-electron chi connectivity index (χ3n) is 2.79.